The third-order valence-electron chi connectivity index (χ3n) is 3.47. The van der Waals surface area contributed by atoms with Crippen LogP contribution in [0, 0.1) is 17.2 Å². The van der Waals surface area contributed by atoms with Gasteiger partial charge in [-0.3, -0.25) is 0 Å². The van der Waals surface area contributed by atoms with Gasteiger partial charge in [0.05, 0.1) is 0 Å². The van der Waals surface area contributed by atoms with Gasteiger partial charge in [0.1, 0.15) is 0 Å². The molecule has 6 heteroatoms. The van der Waals surface area contributed by atoms with Crippen molar-refractivity contribution in [3.05, 3.63) is 53.3 Å². The number of nitriles is 1. The Morgan fingerprint density at radius 2 is 1.96 bits per heavy atom. The first kappa shape index (κ1) is 15.8. The van der Waals surface area contributed by atoms with Crippen LogP contribution in [-0.4, -0.2) is 32.0 Å². The van der Waals surface area contributed by atoms with Crippen molar-refractivity contribution in [1.82, 2.24) is 9.97 Å². The summed E-state index contributed by atoms with van der Waals surface area (Å²) in [5.41, 5.74) is 1.84. The zero-order valence-corrected chi connectivity index (χ0v) is 15.1. The second-order valence-electron chi connectivity index (χ2n) is 4.98. The van der Waals surface area contributed by atoms with Gasteiger partial charge in [-0.05, 0) is 0 Å². The molecule has 2 aromatic carbocycles. The monoisotopic (exact) mass is 388 g/mol. The maximum absolute atomic E-state index is 8.84. The molecule has 3 rings (SSSR count). The Morgan fingerprint density at radius 1 is 1.17 bits per heavy atom. The van der Waals surface area contributed by atoms with Gasteiger partial charge in [0.15, 0.2) is 0 Å². The summed E-state index contributed by atoms with van der Waals surface area (Å²) in [6, 6.07) is 13.7. The van der Waals surface area contributed by atoms with Crippen molar-refractivity contribution >= 4 is 53.4 Å². The summed E-state index contributed by atoms with van der Waals surface area (Å²) in [5, 5.41) is 10.4. The van der Waals surface area contributed by atoms with Crippen LogP contribution in [0.5, 0.6) is 0 Å². The summed E-state index contributed by atoms with van der Waals surface area (Å²) in [6.07, 6.45) is 0. The maximum atomic E-state index is 8.84. The van der Waals surface area contributed by atoms with Crippen LogP contribution < -0.4 is 9.36 Å². The van der Waals surface area contributed by atoms with Crippen molar-refractivity contribution in [3.8, 4) is 4.97 Å². The van der Waals surface area contributed by atoms with Gasteiger partial charge in [0.25, 0.3) is 0 Å². The number of aryl methyl sites for hydroxylation is 1. The van der Waals surface area contributed by atoms with Crippen LogP contribution in [0.2, 0.25) is 5.02 Å². The van der Waals surface area contributed by atoms with Crippen molar-refractivity contribution in [2.24, 2.45) is 0 Å². The molecule has 3 aromatic rings. The van der Waals surface area contributed by atoms with Crippen LogP contribution in [0.25, 0.3) is 10.9 Å². The molecule has 23 heavy (non-hydrogen) atoms. The van der Waals surface area contributed by atoms with E-state index in [4.69, 9.17) is 16.9 Å². The molecule has 114 valence electrons. The van der Waals surface area contributed by atoms with Gasteiger partial charge in [-0.15, -0.1) is 0 Å². The Labute approximate surface area is 145 Å². The average molecular weight is 388 g/mol. The van der Waals surface area contributed by atoms with E-state index in [2.05, 4.69) is 14.9 Å². The van der Waals surface area contributed by atoms with Crippen molar-refractivity contribution < 1.29 is 0 Å². The molecule has 0 aliphatic heterocycles. The molecule has 0 fully saturated rings. The number of benzene rings is 2. The number of anilines is 2. The molecule has 1 heterocycles. The van der Waals surface area contributed by atoms with E-state index in [1.165, 1.54) is 0 Å². The quantitative estimate of drug-likeness (QED) is 0.648. The molecule has 1 aromatic heterocycles. The van der Waals surface area contributed by atoms with Crippen LogP contribution in [-0.2, 0) is 0 Å². The summed E-state index contributed by atoms with van der Waals surface area (Å²) in [7, 11) is 1.95. The molecule has 0 unspecified atom stereocenters. The first-order valence-electron chi connectivity index (χ1n) is 6.93. The van der Waals surface area contributed by atoms with Crippen molar-refractivity contribution in [2.75, 3.05) is 11.9 Å². The number of rotatable bonds is 3. The first-order valence-corrected chi connectivity index (χ1v) is 9.02. The van der Waals surface area contributed by atoms with E-state index in [1.54, 1.807) is 0 Å². The zero-order chi connectivity index (χ0) is 16.4. The summed E-state index contributed by atoms with van der Waals surface area (Å²) in [5.74, 6) is 1.56. The van der Waals surface area contributed by atoms with E-state index in [0.717, 1.165) is 32.7 Å². The molecular formula is C17H13ClN4Se. The van der Waals surface area contributed by atoms with E-state index in [0.29, 0.717) is 5.02 Å². The molecule has 0 aliphatic carbocycles. The summed E-state index contributed by atoms with van der Waals surface area (Å²) in [4.78, 5) is 13.2. The molecule has 0 amide bonds. The van der Waals surface area contributed by atoms with E-state index in [9.17, 15) is 0 Å². The van der Waals surface area contributed by atoms with Gasteiger partial charge in [0.2, 0.25) is 0 Å². The minimum atomic E-state index is -0.258. The number of hydrogen-bond donors (Lipinski definition) is 0. The predicted molar refractivity (Wildman–Crippen MR) is 94.8 cm³/mol. The van der Waals surface area contributed by atoms with Crippen LogP contribution in [0.3, 0.4) is 0 Å². The second kappa shape index (κ2) is 6.55. The number of hydrogen-bond acceptors (Lipinski definition) is 4. The third kappa shape index (κ3) is 3.16. The van der Waals surface area contributed by atoms with Crippen LogP contribution in [0.15, 0.2) is 42.5 Å². The Kier molecular flexibility index (Phi) is 4.49. The van der Waals surface area contributed by atoms with E-state index < -0.39 is 0 Å². The van der Waals surface area contributed by atoms with Crippen LogP contribution >= 0.6 is 11.6 Å². The fourth-order valence-electron chi connectivity index (χ4n) is 2.38. The second-order valence-corrected chi connectivity index (χ2v) is 7.12. The number of halogens is 1. The molecule has 4 nitrogen and oxygen atoms in total. The van der Waals surface area contributed by atoms with E-state index >= 15 is 0 Å². The molecule has 0 spiro atoms. The molecule has 0 saturated heterocycles. The van der Waals surface area contributed by atoms with E-state index in [-0.39, 0.29) is 15.0 Å². The Balaban J connectivity index is 2.09. The van der Waals surface area contributed by atoms with Crippen LogP contribution in [0.1, 0.15) is 5.82 Å². The summed E-state index contributed by atoms with van der Waals surface area (Å²) >= 11 is 6.04. The fraction of sp³-hybridized carbons (Fsp3) is 0.118. The van der Waals surface area contributed by atoms with Gasteiger partial charge >= 0.3 is 146 Å². The number of fused-ring (bicyclic) bond motifs is 1. The standard InChI is InChI=1S/C17H13ClN4Se/c1-11-20-15-6-4-3-5-13(15)17(21-11)22(2)12-7-8-16(23-10-19)14(18)9-12/h3-9H,1-2H3. The first-order chi connectivity index (χ1) is 11.1. The van der Waals surface area contributed by atoms with Gasteiger partial charge < -0.3 is 0 Å². The molecule has 0 N–H and O–H groups in total. The van der Waals surface area contributed by atoms with Crippen LogP contribution in [0.4, 0.5) is 11.5 Å². The van der Waals surface area contributed by atoms with Gasteiger partial charge in [-0.1, -0.05) is 0 Å². The van der Waals surface area contributed by atoms with Crippen molar-refractivity contribution in [1.29, 1.82) is 5.26 Å². The zero-order valence-electron chi connectivity index (χ0n) is 12.6. The number of nitrogens with zero attached hydrogens (tertiary/aromatic N) is 4. The van der Waals surface area contributed by atoms with Gasteiger partial charge in [0, 0.05) is 0 Å². The number of aromatic nitrogens is 2. The summed E-state index contributed by atoms with van der Waals surface area (Å²) in [6.45, 7) is 1.88. The van der Waals surface area contributed by atoms with Crippen molar-refractivity contribution in [3.63, 3.8) is 0 Å². The molecule has 0 radical (unpaired) electrons. The normalized spacial score (nSPS) is 10.5. The third-order valence-corrected chi connectivity index (χ3v) is 5.44. The molecular weight excluding hydrogens is 375 g/mol. The Hall–Kier alpha value is -2.12. The average Bonchev–Trinajstić information content (AvgIpc) is 2.55. The fourth-order valence-corrected chi connectivity index (χ4v) is 3.58. The van der Waals surface area contributed by atoms with Crippen molar-refractivity contribution in [2.45, 2.75) is 6.92 Å². The molecule has 0 saturated carbocycles. The summed E-state index contributed by atoms with van der Waals surface area (Å²) < 4.78 is 0.891. The molecule has 0 bridgehead atoms. The predicted octanol–water partition coefficient (Wildman–Crippen LogP) is 3.17. The minimum absolute atomic E-state index is 0.258. The van der Waals surface area contributed by atoms with Gasteiger partial charge in [-0.2, -0.15) is 0 Å². The Morgan fingerprint density at radius 3 is 2.70 bits per heavy atom. The molecule has 0 atom stereocenters. The Bertz CT molecular complexity index is 920. The van der Waals surface area contributed by atoms with E-state index in [1.807, 2.05) is 61.3 Å². The topological polar surface area (TPSA) is 52.8 Å². The molecule has 0 aliphatic rings. The van der Waals surface area contributed by atoms with Gasteiger partial charge in [-0.25, -0.2) is 0 Å². The SMILES string of the molecule is Cc1nc(N(C)c2ccc([Se]C#N)c(Cl)c2)c2ccccc2n1. The number of para-hydroxylation sites is 1.